The smallest absolute Gasteiger partial charge is 0.160 e. The van der Waals surface area contributed by atoms with Crippen molar-refractivity contribution >= 4 is 22.1 Å². The van der Waals surface area contributed by atoms with E-state index < -0.39 is 0 Å². The summed E-state index contributed by atoms with van der Waals surface area (Å²) in [7, 11) is 0. The molecule has 8 heteroatoms. The number of pyridine rings is 3. The zero-order valence-corrected chi connectivity index (χ0v) is 16.1. The zero-order valence-electron chi connectivity index (χ0n) is 16.1. The third-order valence-corrected chi connectivity index (χ3v) is 5.17. The van der Waals surface area contributed by atoms with Gasteiger partial charge in [0.05, 0.1) is 17.4 Å². The Balaban J connectivity index is 1.51. The summed E-state index contributed by atoms with van der Waals surface area (Å²) in [6.45, 7) is 0. The average molecular weight is 405 g/mol. The van der Waals surface area contributed by atoms with Gasteiger partial charge in [-0.3, -0.25) is 15.1 Å². The number of nitrogens with one attached hydrogen (secondary N) is 2. The minimum absolute atomic E-state index is 0.121. The van der Waals surface area contributed by atoms with Crippen LogP contribution in [0.4, 0.5) is 0 Å². The number of rotatable bonds is 3. The number of fused-ring (bicyclic) bond motifs is 2. The van der Waals surface area contributed by atoms with Gasteiger partial charge in [-0.05, 0) is 42.0 Å². The van der Waals surface area contributed by atoms with Gasteiger partial charge in [0.1, 0.15) is 17.0 Å². The molecule has 5 heterocycles. The fourth-order valence-electron chi connectivity index (χ4n) is 3.71. The molecule has 5 aromatic heterocycles. The second-order valence-electron chi connectivity index (χ2n) is 7.12. The van der Waals surface area contributed by atoms with Crippen LogP contribution in [0, 0.1) is 0 Å². The molecular weight excluding hydrogens is 390 g/mol. The summed E-state index contributed by atoms with van der Waals surface area (Å²) < 4.78 is 0. The summed E-state index contributed by atoms with van der Waals surface area (Å²) in [6.07, 6.45) is 6.62. The lowest BCUT2D eigenvalue weighted by Crippen LogP contribution is -1.85. The minimum Gasteiger partial charge on any atom is -0.506 e. The van der Waals surface area contributed by atoms with Crippen molar-refractivity contribution in [1.82, 2.24) is 35.1 Å². The van der Waals surface area contributed by atoms with Gasteiger partial charge in [0.15, 0.2) is 11.5 Å². The molecular formula is C23H15N7O. The molecule has 0 amide bonds. The summed E-state index contributed by atoms with van der Waals surface area (Å²) >= 11 is 0. The van der Waals surface area contributed by atoms with Gasteiger partial charge in [-0.1, -0.05) is 12.1 Å². The lowest BCUT2D eigenvalue weighted by Gasteiger charge is -2.02. The van der Waals surface area contributed by atoms with Crippen LogP contribution < -0.4 is 0 Å². The number of H-pyrrole nitrogens is 2. The molecule has 0 atom stereocenters. The molecule has 0 spiro atoms. The number of imidazole rings is 1. The van der Waals surface area contributed by atoms with Crippen LogP contribution in [0.15, 0.2) is 73.3 Å². The highest BCUT2D eigenvalue weighted by atomic mass is 16.3. The van der Waals surface area contributed by atoms with Gasteiger partial charge in [-0.25, -0.2) is 9.97 Å². The van der Waals surface area contributed by atoms with Gasteiger partial charge < -0.3 is 10.1 Å². The van der Waals surface area contributed by atoms with Crippen molar-refractivity contribution in [2.45, 2.75) is 0 Å². The van der Waals surface area contributed by atoms with Crippen molar-refractivity contribution < 1.29 is 5.11 Å². The number of aromatic nitrogens is 7. The third kappa shape index (κ3) is 2.89. The van der Waals surface area contributed by atoms with Gasteiger partial charge in [-0.15, -0.1) is 0 Å². The summed E-state index contributed by atoms with van der Waals surface area (Å²) in [4.78, 5) is 21.0. The van der Waals surface area contributed by atoms with Gasteiger partial charge in [0.2, 0.25) is 0 Å². The fourth-order valence-corrected chi connectivity index (χ4v) is 3.71. The predicted octanol–water partition coefficient (Wildman–Crippen LogP) is 4.33. The van der Waals surface area contributed by atoms with E-state index in [9.17, 15) is 5.11 Å². The first-order chi connectivity index (χ1) is 15.3. The lowest BCUT2D eigenvalue weighted by molar-refractivity contribution is 0.473. The first-order valence-electron chi connectivity index (χ1n) is 9.65. The Morgan fingerprint density at radius 1 is 0.871 bits per heavy atom. The van der Waals surface area contributed by atoms with Crippen LogP contribution in [0.25, 0.3) is 56.0 Å². The summed E-state index contributed by atoms with van der Waals surface area (Å²) in [6, 6.07) is 15.3. The van der Waals surface area contributed by atoms with Crippen LogP contribution >= 0.6 is 0 Å². The summed E-state index contributed by atoms with van der Waals surface area (Å²) in [5.41, 5.74) is 6.45. The Labute approximate surface area is 175 Å². The van der Waals surface area contributed by atoms with E-state index in [1.54, 1.807) is 24.7 Å². The molecule has 0 bridgehead atoms. The molecule has 0 saturated heterocycles. The average Bonchev–Trinajstić information content (AvgIpc) is 3.43. The Morgan fingerprint density at radius 2 is 1.84 bits per heavy atom. The van der Waals surface area contributed by atoms with Crippen molar-refractivity contribution in [3.63, 3.8) is 0 Å². The number of benzene rings is 1. The van der Waals surface area contributed by atoms with Crippen molar-refractivity contribution in [1.29, 1.82) is 0 Å². The second-order valence-corrected chi connectivity index (χ2v) is 7.12. The third-order valence-electron chi connectivity index (χ3n) is 5.17. The van der Waals surface area contributed by atoms with Crippen LogP contribution in [-0.2, 0) is 0 Å². The maximum Gasteiger partial charge on any atom is 0.160 e. The first kappa shape index (κ1) is 17.3. The van der Waals surface area contributed by atoms with Crippen LogP contribution in [0.2, 0.25) is 0 Å². The minimum atomic E-state index is 0.121. The van der Waals surface area contributed by atoms with Crippen molar-refractivity contribution in [3.05, 3.63) is 73.3 Å². The van der Waals surface area contributed by atoms with E-state index in [2.05, 4.69) is 30.1 Å². The van der Waals surface area contributed by atoms with E-state index in [-0.39, 0.29) is 5.75 Å². The van der Waals surface area contributed by atoms with E-state index in [0.717, 1.165) is 38.8 Å². The van der Waals surface area contributed by atoms with Crippen LogP contribution in [0.5, 0.6) is 5.75 Å². The molecule has 6 rings (SSSR count). The Hall–Kier alpha value is -4.59. The molecule has 6 aromatic rings. The van der Waals surface area contributed by atoms with Gasteiger partial charge in [0, 0.05) is 35.1 Å². The molecule has 0 aliphatic heterocycles. The maximum atomic E-state index is 9.77. The van der Waals surface area contributed by atoms with E-state index in [0.29, 0.717) is 17.2 Å². The van der Waals surface area contributed by atoms with Crippen LogP contribution in [0.1, 0.15) is 0 Å². The van der Waals surface area contributed by atoms with Crippen LogP contribution in [0.3, 0.4) is 0 Å². The zero-order chi connectivity index (χ0) is 20.8. The number of hydrogen-bond acceptors (Lipinski definition) is 6. The molecule has 0 unspecified atom stereocenters. The fraction of sp³-hybridized carbons (Fsp3) is 0. The monoisotopic (exact) mass is 405 g/mol. The Kier molecular flexibility index (Phi) is 3.76. The highest BCUT2D eigenvalue weighted by Crippen LogP contribution is 2.32. The largest absolute Gasteiger partial charge is 0.506 e. The summed E-state index contributed by atoms with van der Waals surface area (Å²) in [5, 5.41) is 18.2. The van der Waals surface area contributed by atoms with Crippen molar-refractivity contribution in [2.75, 3.05) is 0 Å². The van der Waals surface area contributed by atoms with E-state index >= 15 is 0 Å². The highest BCUT2D eigenvalue weighted by Gasteiger charge is 2.16. The van der Waals surface area contributed by atoms with E-state index in [1.165, 1.54) is 6.20 Å². The van der Waals surface area contributed by atoms with Gasteiger partial charge in [-0.2, -0.15) is 5.10 Å². The number of aromatic amines is 2. The van der Waals surface area contributed by atoms with E-state index in [4.69, 9.17) is 4.98 Å². The standard InChI is InChI=1S/C23H15N7O/c31-15-9-14(11-24-12-15)13-4-5-19-17(10-13)21(30-29-19)23-27-20-16(6-8-26-22(20)28-23)18-3-1-2-7-25-18/h1-12,31H,(H,29,30)(H,26,27,28). The van der Waals surface area contributed by atoms with Crippen molar-refractivity contribution in [2.24, 2.45) is 0 Å². The number of hydrogen-bond donors (Lipinski definition) is 3. The number of aromatic hydroxyl groups is 1. The lowest BCUT2D eigenvalue weighted by atomic mass is 10.0. The predicted molar refractivity (Wildman–Crippen MR) is 117 cm³/mol. The molecule has 148 valence electrons. The van der Waals surface area contributed by atoms with Crippen LogP contribution in [-0.4, -0.2) is 40.2 Å². The molecule has 31 heavy (non-hydrogen) atoms. The Bertz CT molecular complexity index is 1550. The summed E-state index contributed by atoms with van der Waals surface area (Å²) in [5.74, 6) is 0.735. The highest BCUT2D eigenvalue weighted by molar-refractivity contribution is 5.97. The Morgan fingerprint density at radius 3 is 2.71 bits per heavy atom. The first-order valence-corrected chi connectivity index (χ1v) is 9.65. The topological polar surface area (TPSA) is 116 Å². The number of nitrogens with zero attached hydrogens (tertiary/aromatic N) is 5. The molecule has 0 radical (unpaired) electrons. The van der Waals surface area contributed by atoms with Gasteiger partial charge in [0.25, 0.3) is 0 Å². The van der Waals surface area contributed by atoms with E-state index in [1.807, 2.05) is 42.5 Å². The molecule has 8 nitrogen and oxygen atoms in total. The molecule has 1 aromatic carbocycles. The van der Waals surface area contributed by atoms with Crippen molar-refractivity contribution in [3.8, 4) is 39.7 Å². The molecule has 0 saturated carbocycles. The normalized spacial score (nSPS) is 11.4. The molecule has 0 fully saturated rings. The molecule has 0 aliphatic rings. The molecule has 0 aliphatic carbocycles. The maximum absolute atomic E-state index is 9.77. The molecule has 3 N–H and O–H groups in total. The quantitative estimate of drug-likeness (QED) is 0.403. The second kappa shape index (κ2) is 6.74. The SMILES string of the molecule is Oc1cncc(-c2ccc3[nH]nc(-c4nc5c(-c6ccccn6)ccnc5[nH]4)c3c2)c1. The van der Waals surface area contributed by atoms with Gasteiger partial charge >= 0.3 is 0 Å².